The summed E-state index contributed by atoms with van der Waals surface area (Å²) in [6, 6.07) is 5.19. The Hall–Kier alpha value is -0.280. The molecule has 0 aliphatic rings. The number of hydrogen-bond acceptors (Lipinski definition) is 2. The molecule has 96 valence electrons. The Morgan fingerprint density at radius 1 is 1.35 bits per heavy atom. The number of nitrogens with zero attached hydrogens (tertiary/aromatic N) is 1. The lowest BCUT2D eigenvalue weighted by Crippen LogP contribution is -2.25. The summed E-state index contributed by atoms with van der Waals surface area (Å²) in [6.07, 6.45) is 1.72. The number of benzene rings is 1. The Labute approximate surface area is 113 Å². The fourth-order valence-electron chi connectivity index (χ4n) is 1.68. The quantitative estimate of drug-likeness (QED) is 0.855. The Bertz CT molecular complexity index is 357. The molecule has 0 bridgehead atoms. The highest BCUT2D eigenvalue weighted by Crippen LogP contribution is 2.26. The van der Waals surface area contributed by atoms with Gasteiger partial charge in [-0.25, -0.2) is 0 Å². The van der Waals surface area contributed by atoms with Crippen molar-refractivity contribution < 1.29 is 5.11 Å². The van der Waals surface area contributed by atoms with Gasteiger partial charge in [0, 0.05) is 22.2 Å². The first-order valence-corrected chi connectivity index (χ1v) is 6.61. The SMILES string of the molecule is CCCCN(C)CC(O)c1ccc(Cl)cc1Cl. The van der Waals surface area contributed by atoms with Gasteiger partial charge in [0.05, 0.1) is 6.10 Å². The highest BCUT2D eigenvalue weighted by Gasteiger charge is 2.13. The van der Waals surface area contributed by atoms with E-state index in [1.165, 1.54) is 0 Å². The monoisotopic (exact) mass is 275 g/mol. The lowest BCUT2D eigenvalue weighted by Gasteiger charge is -2.21. The van der Waals surface area contributed by atoms with E-state index in [0.29, 0.717) is 16.6 Å². The van der Waals surface area contributed by atoms with E-state index < -0.39 is 6.10 Å². The van der Waals surface area contributed by atoms with Crippen LogP contribution in [0.15, 0.2) is 18.2 Å². The van der Waals surface area contributed by atoms with Gasteiger partial charge in [0.1, 0.15) is 0 Å². The summed E-state index contributed by atoms with van der Waals surface area (Å²) in [6.45, 7) is 3.72. The van der Waals surface area contributed by atoms with Crippen molar-refractivity contribution in [2.45, 2.75) is 25.9 Å². The van der Waals surface area contributed by atoms with Crippen LogP contribution in [0.4, 0.5) is 0 Å². The van der Waals surface area contributed by atoms with Crippen LogP contribution in [-0.4, -0.2) is 30.1 Å². The predicted molar refractivity (Wildman–Crippen MR) is 73.8 cm³/mol. The third-order valence-corrected chi connectivity index (χ3v) is 3.26. The van der Waals surface area contributed by atoms with Gasteiger partial charge in [-0.2, -0.15) is 0 Å². The van der Waals surface area contributed by atoms with E-state index in [1.54, 1.807) is 18.2 Å². The van der Waals surface area contributed by atoms with Gasteiger partial charge in [-0.05, 0) is 32.1 Å². The normalized spacial score (nSPS) is 13.1. The largest absolute Gasteiger partial charge is 0.387 e. The molecule has 1 rings (SSSR count). The van der Waals surface area contributed by atoms with E-state index in [-0.39, 0.29) is 0 Å². The minimum Gasteiger partial charge on any atom is -0.387 e. The van der Waals surface area contributed by atoms with Crippen molar-refractivity contribution in [1.29, 1.82) is 0 Å². The first kappa shape index (κ1) is 14.8. The van der Waals surface area contributed by atoms with Crippen LogP contribution in [0.25, 0.3) is 0 Å². The topological polar surface area (TPSA) is 23.5 Å². The molecule has 4 heteroatoms. The second-order valence-corrected chi connectivity index (χ2v) is 5.14. The average molecular weight is 276 g/mol. The molecular weight excluding hydrogens is 257 g/mol. The summed E-state index contributed by atoms with van der Waals surface area (Å²) in [7, 11) is 2.00. The highest BCUT2D eigenvalue weighted by molar-refractivity contribution is 6.35. The summed E-state index contributed by atoms with van der Waals surface area (Å²) in [5.41, 5.74) is 0.736. The van der Waals surface area contributed by atoms with Crippen molar-refractivity contribution >= 4 is 23.2 Å². The molecule has 1 aromatic rings. The minimum atomic E-state index is -0.568. The second-order valence-electron chi connectivity index (χ2n) is 4.30. The van der Waals surface area contributed by atoms with Crippen LogP contribution in [0.1, 0.15) is 31.4 Å². The molecule has 1 atom stereocenters. The van der Waals surface area contributed by atoms with Crippen LogP contribution in [0.5, 0.6) is 0 Å². The van der Waals surface area contributed by atoms with Crippen molar-refractivity contribution in [3.05, 3.63) is 33.8 Å². The van der Waals surface area contributed by atoms with Crippen LogP contribution in [0, 0.1) is 0 Å². The molecule has 0 spiro atoms. The predicted octanol–water partition coefficient (Wildman–Crippen LogP) is 3.76. The standard InChI is InChI=1S/C13H19Cl2NO/c1-3-4-7-16(2)9-13(17)11-6-5-10(14)8-12(11)15/h5-6,8,13,17H,3-4,7,9H2,1-2H3. The van der Waals surface area contributed by atoms with E-state index in [0.717, 1.165) is 24.9 Å². The smallest absolute Gasteiger partial charge is 0.0931 e. The Kier molecular flexibility index (Phi) is 6.28. The Balaban J connectivity index is 2.60. The number of unbranched alkanes of at least 4 members (excludes halogenated alkanes) is 1. The van der Waals surface area contributed by atoms with Crippen LogP contribution >= 0.6 is 23.2 Å². The van der Waals surface area contributed by atoms with Crippen molar-refractivity contribution in [3.8, 4) is 0 Å². The number of aliphatic hydroxyl groups excluding tert-OH is 1. The summed E-state index contributed by atoms with van der Waals surface area (Å²) in [5, 5.41) is 11.2. The number of halogens is 2. The third kappa shape index (κ3) is 4.84. The zero-order valence-corrected chi connectivity index (χ0v) is 11.8. The molecule has 0 saturated carbocycles. The first-order chi connectivity index (χ1) is 8.04. The molecule has 17 heavy (non-hydrogen) atoms. The van der Waals surface area contributed by atoms with Gasteiger partial charge in [-0.15, -0.1) is 0 Å². The van der Waals surface area contributed by atoms with Crippen molar-refractivity contribution in [3.63, 3.8) is 0 Å². The van der Waals surface area contributed by atoms with Gasteiger partial charge in [-0.1, -0.05) is 42.6 Å². The summed E-state index contributed by atoms with van der Waals surface area (Å²) in [4.78, 5) is 2.11. The molecule has 0 aliphatic carbocycles. The van der Waals surface area contributed by atoms with Gasteiger partial charge >= 0.3 is 0 Å². The molecule has 2 nitrogen and oxygen atoms in total. The molecule has 0 radical (unpaired) electrons. The average Bonchev–Trinajstić information content (AvgIpc) is 2.26. The van der Waals surface area contributed by atoms with Gasteiger partial charge in [0.2, 0.25) is 0 Å². The van der Waals surface area contributed by atoms with E-state index >= 15 is 0 Å². The number of hydrogen-bond donors (Lipinski definition) is 1. The van der Waals surface area contributed by atoms with E-state index in [1.807, 2.05) is 7.05 Å². The van der Waals surface area contributed by atoms with Crippen molar-refractivity contribution in [1.82, 2.24) is 4.90 Å². The maximum atomic E-state index is 10.1. The van der Waals surface area contributed by atoms with E-state index in [9.17, 15) is 5.11 Å². The lowest BCUT2D eigenvalue weighted by atomic mass is 10.1. The molecule has 1 N–H and O–H groups in total. The molecule has 1 aromatic carbocycles. The second kappa shape index (κ2) is 7.22. The molecule has 0 heterocycles. The molecular formula is C13H19Cl2NO. The summed E-state index contributed by atoms with van der Waals surface area (Å²) >= 11 is 11.9. The highest BCUT2D eigenvalue weighted by atomic mass is 35.5. The first-order valence-electron chi connectivity index (χ1n) is 5.86. The molecule has 0 aliphatic heterocycles. The molecule has 0 saturated heterocycles. The number of likely N-dealkylation sites (N-methyl/N-ethyl adjacent to an activating group) is 1. The van der Waals surface area contributed by atoms with Gasteiger partial charge in [0.25, 0.3) is 0 Å². The fraction of sp³-hybridized carbons (Fsp3) is 0.538. The lowest BCUT2D eigenvalue weighted by molar-refractivity contribution is 0.126. The fourth-order valence-corrected chi connectivity index (χ4v) is 2.22. The van der Waals surface area contributed by atoms with Crippen LogP contribution in [-0.2, 0) is 0 Å². The van der Waals surface area contributed by atoms with Crippen molar-refractivity contribution in [2.75, 3.05) is 20.1 Å². The molecule has 1 unspecified atom stereocenters. The Morgan fingerprint density at radius 3 is 2.65 bits per heavy atom. The number of aliphatic hydroxyl groups is 1. The maximum absolute atomic E-state index is 10.1. The van der Waals surface area contributed by atoms with Gasteiger partial charge < -0.3 is 10.0 Å². The zero-order valence-electron chi connectivity index (χ0n) is 10.3. The molecule has 0 amide bonds. The summed E-state index contributed by atoms with van der Waals surface area (Å²) < 4.78 is 0. The Morgan fingerprint density at radius 2 is 2.06 bits per heavy atom. The summed E-state index contributed by atoms with van der Waals surface area (Å²) in [5.74, 6) is 0. The molecule has 0 aromatic heterocycles. The van der Waals surface area contributed by atoms with Gasteiger partial charge in [0.15, 0.2) is 0 Å². The van der Waals surface area contributed by atoms with Crippen LogP contribution in [0.2, 0.25) is 10.0 Å². The van der Waals surface area contributed by atoms with Crippen molar-refractivity contribution in [2.24, 2.45) is 0 Å². The zero-order chi connectivity index (χ0) is 12.8. The minimum absolute atomic E-state index is 0.522. The van der Waals surface area contributed by atoms with E-state index in [4.69, 9.17) is 23.2 Å². The third-order valence-electron chi connectivity index (χ3n) is 2.70. The van der Waals surface area contributed by atoms with Crippen LogP contribution in [0.3, 0.4) is 0 Å². The van der Waals surface area contributed by atoms with E-state index in [2.05, 4.69) is 11.8 Å². The molecule has 0 fully saturated rings. The number of rotatable bonds is 6. The van der Waals surface area contributed by atoms with Gasteiger partial charge in [-0.3, -0.25) is 0 Å². The maximum Gasteiger partial charge on any atom is 0.0931 e. The van der Waals surface area contributed by atoms with Crippen LogP contribution < -0.4 is 0 Å².